The molecule has 1 aliphatic rings. The number of halogens is 1. The minimum atomic E-state index is -0.332. The predicted octanol–water partition coefficient (Wildman–Crippen LogP) is 2.04. The number of carbonyl (C=O) groups is 1. The molecular formula is C21H27FN3O+. The zero-order valence-corrected chi connectivity index (χ0v) is 15.5. The SMILES string of the molecule is CN(C)c1ccc([C@H](CNC(=O)c2ccc(F)cc2)[NH+]2CCCC2)cc1. The number of rotatable bonds is 6. The molecule has 0 unspecified atom stereocenters. The molecule has 5 heteroatoms. The van der Waals surface area contributed by atoms with E-state index in [0.29, 0.717) is 12.1 Å². The van der Waals surface area contributed by atoms with Gasteiger partial charge in [-0.15, -0.1) is 0 Å². The summed E-state index contributed by atoms with van der Waals surface area (Å²) in [7, 11) is 4.06. The summed E-state index contributed by atoms with van der Waals surface area (Å²) < 4.78 is 13.0. The van der Waals surface area contributed by atoms with Gasteiger partial charge in [-0.25, -0.2) is 4.39 Å². The third kappa shape index (κ3) is 4.41. The van der Waals surface area contributed by atoms with Crippen molar-refractivity contribution < 1.29 is 14.1 Å². The van der Waals surface area contributed by atoms with Crippen LogP contribution >= 0.6 is 0 Å². The molecule has 2 aromatic rings. The number of hydrogen-bond donors (Lipinski definition) is 2. The molecule has 1 atom stereocenters. The summed E-state index contributed by atoms with van der Waals surface area (Å²) in [6.45, 7) is 2.84. The van der Waals surface area contributed by atoms with Gasteiger partial charge in [0.1, 0.15) is 11.9 Å². The van der Waals surface area contributed by atoms with Crippen molar-refractivity contribution in [1.29, 1.82) is 0 Å². The van der Waals surface area contributed by atoms with Crippen molar-refractivity contribution in [1.82, 2.24) is 5.32 Å². The van der Waals surface area contributed by atoms with Gasteiger partial charge in [-0.1, -0.05) is 12.1 Å². The Kier molecular flexibility index (Phi) is 5.89. The van der Waals surface area contributed by atoms with Crippen LogP contribution < -0.4 is 15.1 Å². The summed E-state index contributed by atoms with van der Waals surface area (Å²) in [6, 6.07) is 14.5. The normalized spacial score (nSPS) is 15.7. The van der Waals surface area contributed by atoms with Crippen LogP contribution in [0.5, 0.6) is 0 Å². The molecule has 0 radical (unpaired) electrons. The van der Waals surface area contributed by atoms with Crippen LogP contribution in [0.3, 0.4) is 0 Å². The van der Waals surface area contributed by atoms with Gasteiger partial charge in [-0.2, -0.15) is 0 Å². The summed E-state index contributed by atoms with van der Waals surface area (Å²) in [5.74, 6) is -0.486. The highest BCUT2D eigenvalue weighted by Gasteiger charge is 2.28. The number of nitrogens with one attached hydrogen (secondary N) is 2. The molecule has 138 valence electrons. The molecule has 26 heavy (non-hydrogen) atoms. The smallest absolute Gasteiger partial charge is 0.251 e. The fourth-order valence-electron chi connectivity index (χ4n) is 3.58. The van der Waals surface area contributed by atoms with Gasteiger partial charge in [0.25, 0.3) is 5.91 Å². The molecule has 1 heterocycles. The van der Waals surface area contributed by atoms with Crippen molar-refractivity contribution >= 4 is 11.6 Å². The molecular weight excluding hydrogens is 329 g/mol. The summed E-state index contributed by atoms with van der Waals surface area (Å²) in [5.41, 5.74) is 2.90. The molecule has 0 saturated carbocycles. The minimum absolute atomic E-state index is 0.154. The van der Waals surface area contributed by atoms with E-state index < -0.39 is 0 Å². The van der Waals surface area contributed by atoms with Crippen molar-refractivity contribution in [2.75, 3.05) is 38.6 Å². The van der Waals surface area contributed by atoms with E-state index >= 15 is 0 Å². The van der Waals surface area contributed by atoms with Gasteiger partial charge in [0.2, 0.25) is 0 Å². The molecule has 0 aliphatic carbocycles. The molecule has 1 saturated heterocycles. The molecule has 0 spiro atoms. The third-order valence-electron chi connectivity index (χ3n) is 5.12. The molecule has 1 fully saturated rings. The Hall–Kier alpha value is -2.40. The fourth-order valence-corrected chi connectivity index (χ4v) is 3.58. The number of benzene rings is 2. The van der Waals surface area contributed by atoms with Crippen molar-refractivity contribution in [2.45, 2.75) is 18.9 Å². The minimum Gasteiger partial charge on any atom is -0.378 e. The van der Waals surface area contributed by atoms with Crippen LogP contribution in [0.25, 0.3) is 0 Å². The number of carbonyl (C=O) groups excluding carboxylic acids is 1. The summed E-state index contributed by atoms with van der Waals surface area (Å²) in [4.78, 5) is 16.0. The van der Waals surface area contributed by atoms with Gasteiger partial charge >= 0.3 is 0 Å². The number of nitrogens with zero attached hydrogens (tertiary/aromatic N) is 1. The van der Waals surface area contributed by atoms with E-state index in [-0.39, 0.29) is 17.8 Å². The van der Waals surface area contributed by atoms with E-state index in [2.05, 4.69) is 34.5 Å². The number of quaternary nitrogens is 1. The van der Waals surface area contributed by atoms with Crippen LogP contribution in [0.4, 0.5) is 10.1 Å². The van der Waals surface area contributed by atoms with Crippen LogP contribution in [0, 0.1) is 5.82 Å². The van der Waals surface area contributed by atoms with E-state index in [1.165, 1.54) is 53.3 Å². The van der Waals surface area contributed by atoms with Gasteiger partial charge < -0.3 is 15.1 Å². The van der Waals surface area contributed by atoms with E-state index in [4.69, 9.17) is 0 Å². The van der Waals surface area contributed by atoms with Crippen LogP contribution in [0.1, 0.15) is 34.8 Å². The Bertz CT molecular complexity index is 722. The lowest BCUT2D eigenvalue weighted by molar-refractivity contribution is -0.918. The molecule has 1 aliphatic heterocycles. The first kappa shape index (κ1) is 18.4. The maximum absolute atomic E-state index is 13.0. The van der Waals surface area contributed by atoms with Crippen molar-refractivity contribution in [3.8, 4) is 0 Å². The van der Waals surface area contributed by atoms with Crippen LogP contribution in [-0.2, 0) is 0 Å². The van der Waals surface area contributed by atoms with E-state index in [9.17, 15) is 9.18 Å². The van der Waals surface area contributed by atoms with Gasteiger partial charge in [0, 0.05) is 43.8 Å². The second-order valence-electron chi connectivity index (χ2n) is 7.12. The Morgan fingerprint density at radius 1 is 1.08 bits per heavy atom. The van der Waals surface area contributed by atoms with Crippen molar-refractivity contribution in [3.63, 3.8) is 0 Å². The lowest BCUT2D eigenvalue weighted by Gasteiger charge is -2.26. The molecule has 1 amide bonds. The molecule has 3 rings (SSSR count). The number of likely N-dealkylation sites (tertiary alicyclic amines) is 1. The maximum Gasteiger partial charge on any atom is 0.251 e. The van der Waals surface area contributed by atoms with Crippen molar-refractivity contribution in [2.24, 2.45) is 0 Å². The lowest BCUT2D eigenvalue weighted by Crippen LogP contribution is -3.11. The first-order valence-electron chi connectivity index (χ1n) is 9.20. The standard InChI is InChI=1S/C21H26FN3O/c1-24(2)19-11-7-16(8-12-19)20(25-13-3-4-14-25)15-23-21(26)17-5-9-18(22)10-6-17/h5-12,20H,3-4,13-15H2,1-2H3,(H,23,26)/p+1/t20-/m0/s1. The predicted molar refractivity (Wildman–Crippen MR) is 102 cm³/mol. The topological polar surface area (TPSA) is 36.8 Å². The zero-order valence-electron chi connectivity index (χ0n) is 15.5. The summed E-state index contributed by atoms with van der Waals surface area (Å²) >= 11 is 0. The highest BCUT2D eigenvalue weighted by atomic mass is 19.1. The van der Waals surface area contributed by atoms with Gasteiger partial charge in [-0.05, 0) is 36.4 Å². The number of hydrogen-bond acceptors (Lipinski definition) is 2. The van der Waals surface area contributed by atoms with Crippen molar-refractivity contribution in [3.05, 3.63) is 65.5 Å². The number of amides is 1. The number of anilines is 1. The fraction of sp³-hybridized carbons (Fsp3) is 0.381. The average Bonchev–Trinajstić information content (AvgIpc) is 3.17. The summed E-state index contributed by atoms with van der Waals surface area (Å²) in [5, 5.41) is 3.04. The van der Waals surface area contributed by atoms with E-state index in [1.807, 2.05) is 14.1 Å². The van der Waals surface area contributed by atoms with Gasteiger partial charge in [0.15, 0.2) is 0 Å². The Morgan fingerprint density at radius 3 is 2.27 bits per heavy atom. The maximum atomic E-state index is 13.0. The van der Waals surface area contributed by atoms with Crippen LogP contribution in [-0.4, -0.2) is 39.6 Å². The molecule has 0 bridgehead atoms. The summed E-state index contributed by atoms with van der Waals surface area (Å²) in [6.07, 6.45) is 2.46. The lowest BCUT2D eigenvalue weighted by atomic mass is 10.0. The Labute approximate surface area is 154 Å². The molecule has 2 N–H and O–H groups in total. The van der Waals surface area contributed by atoms with Gasteiger partial charge in [-0.3, -0.25) is 4.79 Å². The second-order valence-corrected chi connectivity index (χ2v) is 7.12. The molecule has 0 aromatic heterocycles. The quantitative estimate of drug-likeness (QED) is 0.831. The highest BCUT2D eigenvalue weighted by Crippen LogP contribution is 2.17. The zero-order chi connectivity index (χ0) is 18.5. The molecule has 4 nitrogen and oxygen atoms in total. The van der Waals surface area contributed by atoms with Crippen LogP contribution in [0.2, 0.25) is 0 Å². The highest BCUT2D eigenvalue weighted by molar-refractivity contribution is 5.94. The third-order valence-corrected chi connectivity index (χ3v) is 5.12. The molecule has 2 aromatic carbocycles. The first-order chi connectivity index (χ1) is 12.5. The monoisotopic (exact) mass is 356 g/mol. The Morgan fingerprint density at radius 2 is 1.69 bits per heavy atom. The average molecular weight is 356 g/mol. The largest absolute Gasteiger partial charge is 0.378 e. The van der Waals surface area contributed by atoms with E-state index in [1.54, 1.807) is 0 Å². The first-order valence-corrected chi connectivity index (χ1v) is 9.20. The Balaban J connectivity index is 1.72. The van der Waals surface area contributed by atoms with Gasteiger partial charge in [0.05, 0.1) is 19.6 Å². The van der Waals surface area contributed by atoms with E-state index in [0.717, 1.165) is 13.1 Å². The van der Waals surface area contributed by atoms with Crippen LogP contribution in [0.15, 0.2) is 48.5 Å². The second kappa shape index (κ2) is 8.32.